The number of phenols is 1. The minimum absolute atomic E-state index is 0.170. The first-order valence-electron chi connectivity index (χ1n) is 13.3. The Labute approximate surface area is 236 Å². The molecular weight excluding hydrogens is 526 g/mol. The van der Waals surface area contributed by atoms with Crippen molar-refractivity contribution in [3.8, 4) is 28.4 Å². The third-order valence-electron chi connectivity index (χ3n) is 7.22. The van der Waals surface area contributed by atoms with E-state index in [-0.39, 0.29) is 30.7 Å². The van der Waals surface area contributed by atoms with E-state index in [1.807, 2.05) is 18.2 Å². The number of hydrogen-bond donors (Lipinski definition) is 2. The molecular formula is C30H29N5O6. The normalized spacial score (nSPS) is 18.9. The smallest absolute Gasteiger partial charge is 0.254 e. The van der Waals surface area contributed by atoms with E-state index in [1.54, 1.807) is 71.4 Å². The third kappa shape index (κ3) is 5.71. The van der Waals surface area contributed by atoms with E-state index in [4.69, 9.17) is 14.2 Å². The van der Waals surface area contributed by atoms with Crippen LogP contribution in [0.4, 0.5) is 0 Å². The second kappa shape index (κ2) is 11.3. The highest BCUT2D eigenvalue weighted by Crippen LogP contribution is 2.29. The van der Waals surface area contributed by atoms with Crippen LogP contribution in [-0.2, 0) is 17.9 Å². The molecule has 11 heteroatoms. The molecule has 2 aliphatic rings. The molecule has 4 aromatic rings. The van der Waals surface area contributed by atoms with Gasteiger partial charge in [0.15, 0.2) is 11.5 Å². The van der Waals surface area contributed by atoms with Crippen LogP contribution < -0.4 is 14.8 Å². The number of phenolic OH excluding ortho intramolecular Hbond substituents is 1. The van der Waals surface area contributed by atoms with E-state index in [2.05, 4.69) is 15.6 Å². The summed E-state index contributed by atoms with van der Waals surface area (Å²) in [6.45, 7) is 1.49. The number of carbonyl (C=O) groups excluding carboxylic acids is 2. The van der Waals surface area contributed by atoms with Crippen LogP contribution in [0.1, 0.15) is 26.4 Å². The first-order valence-corrected chi connectivity index (χ1v) is 13.3. The maximum Gasteiger partial charge on any atom is 0.254 e. The van der Waals surface area contributed by atoms with E-state index < -0.39 is 12.1 Å². The van der Waals surface area contributed by atoms with Crippen LogP contribution in [0, 0.1) is 0 Å². The van der Waals surface area contributed by atoms with Crippen LogP contribution in [0.25, 0.3) is 11.1 Å². The summed E-state index contributed by atoms with van der Waals surface area (Å²) >= 11 is 0. The van der Waals surface area contributed by atoms with Crippen LogP contribution in [-0.4, -0.2) is 75.8 Å². The van der Waals surface area contributed by atoms with Gasteiger partial charge in [-0.15, -0.1) is 5.10 Å². The number of methoxy groups -OCH3 is 1. The van der Waals surface area contributed by atoms with Gasteiger partial charge in [-0.2, -0.15) is 0 Å². The van der Waals surface area contributed by atoms with Gasteiger partial charge in [-0.3, -0.25) is 9.59 Å². The average Bonchev–Trinajstić information content (AvgIpc) is 3.62. The van der Waals surface area contributed by atoms with Crippen molar-refractivity contribution in [2.45, 2.75) is 25.3 Å². The van der Waals surface area contributed by atoms with Crippen molar-refractivity contribution >= 4 is 11.8 Å². The largest absolute Gasteiger partial charge is 0.508 e. The van der Waals surface area contributed by atoms with Crippen molar-refractivity contribution in [3.63, 3.8) is 0 Å². The number of nitrogens with zero attached hydrogens (tertiary/aromatic N) is 4. The second-order valence-corrected chi connectivity index (χ2v) is 9.95. The molecule has 0 saturated carbocycles. The van der Waals surface area contributed by atoms with E-state index >= 15 is 0 Å². The number of nitrogens with one attached hydrogen (secondary N) is 1. The van der Waals surface area contributed by atoms with Gasteiger partial charge in [0, 0.05) is 24.2 Å². The summed E-state index contributed by atoms with van der Waals surface area (Å²) in [7, 11) is 1.54. The van der Waals surface area contributed by atoms with Gasteiger partial charge in [0.1, 0.15) is 18.1 Å². The minimum atomic E-state index is -0.465. The summed E-state index contributed by atoms with van der Waals surface area (Å²) in [6.07, 6.45) is 1.32. The van der Waals surface area contributed by atoms with Crippen LogP contribution in [0.5, 0.6) is 17.2 Å². The number of hydrogen-bond acceptors (Lipinski definition) is 8. The lowest BCUT2D eigenvalue weighted by atomic mass is 10.0. The molecule has 0 spiro atoms. The molecule has 11 nitrogen and oxygen atoms in total. The lowest BCUT2D eigenvalue weighted by Crippen LogP contribution is -2.44. The molecule has 41 heavy (non-hydrogen) atoms. The molecule has 0 unspecified atom stereocenters. The van der Waals surface area contributed by atoms with Crippen molar-refractivity contribution in [1.82, 2.24) is 25.2 Å². The highest BCUT2D eigenvalue weighted by molar-refractivity contribution is 5.97. The Morgan fingerprint density at radius 3 is 2.71 bits per heavy atom. The molecule has 4 bridgehead atoms. The Bertz CT molecular complexity index is 1570. The number of amides is 2. The van der Waals surface area contributed by atoms with Gasteiger partial charge in [0.2, 0.25) is 0 Å². The van der Waals surface area contributed by atoms with Crippen LogP contribution in [0.2, 0.25) is 0 Å². The minimum Gasteiger partial charge on any atom is -0.508 e. The molecule has 2 N–H and O–H groups in total. The van der Waals surface area contributed by atoms with E-state index in [0.29, 0.717) is 48.0 Å². The Hall–Kier alpha value is -4.90. The van der Waals surface area contributed by atoms with Gasteiger partial charge in [-0.25, -0.2) is 4.68 Å². The number of carbonyl (C=O) groups is 2. The van der Waals surface area contributed by atoms with Crippen LogP contribution >= 0.6 is 0 Å². The lowest BCUT2D eigenvalue weighted by molar-refractivity contribution is 0.0291. The van der Waals surface area contributed by atoms with Gasteiger partial charge in [0.05, 0.1) is 38.6 Å². The zero-order valence-corrected chi connectivity index (χ0v) is 22.4. The molecule has 3 heterocycles. The highest BCUT2D eigenvalue weighted by Gasteiger charge is 2.38. The summed E-state index contributed by atoms with van der Waals surface area (Å²) < 4.78 is 19.2. The van der Waals surface area contributed by atoms with Gasteiger partial charge in [-0.05, 0) is 53.6 Å². The molecule has 2 amide bonds. The Balaban J connectivity index is 1.26. The highest BCUT2D eigenvalue weighted by atomic mass is 16.5. The zero-order chi connectivity index (χ0) is 28.3. The average molecular weight is 556 g/mol. The van der Waals surface area contributed by atoms with Gasteiger partial charge in [-0.1, -0.05) is 29.5 Å². The van der Waals surface area contributed by atoms with Crippen molar-refractivity contribution in [2.75, 3.05) is 26.8 Å². The molecule has 1 saturated heterocycles. The van der Waals surface area contributed by atoms with Gasteiger partial charge in [0.25, 0.3) is 11.8 Å². The first kappa shape index (κ1) is 26.3. The van der Waals surface area contributed by atoms with E-state index in [1.165, 1.54) is 0 Å². The predicted octanol–water partition coefficient (Wildman–Crippen LogP) is 2.89. The summed E-state index contributed by atoms with van der Waals surface area (Å²) in [5.41, 5.74) is 3.30. The van der Waals surface area contributed by atoms with Crippen LogP contribution in [0.15, 0.2) is 72.9 Å². The summed E-state index contributed by atoms with van der Waals surface area (Å²) in [4.78, 5) is 28.6. The van der Waals surface area contributed by atoms with Crippen molar-refractivity contribution < 1.29 is 28.9 Å². The Morgan fingerprint density at radius 2 is 1.88 bits per heavy atom. The fourth-order valence-electron chi connectivity index (χ4n) is 5.05. The number of aromatic nitrogens is 3. The maximum absolute atomic E-state index is 13.6. The van der Waals surface area contributed by atoms with E-state index in [9.17, 15) is 14.7 Å². The summed E-state index contributed by atoms with van der Waals surface area (Å²) in [5.74, 6) is 0.656. The molecule has 2 atom stereocenters. The molecule has 210 valence electrons. The molecule has 3 aromatic carbocycles. The zero-order valence-electron chi connectivity index (χ0n) is 22.4. The Kier molecular flexibility index (Phi) is 7.26. The molecule has 0 aliphatic carbocycles. The topological polar surface area (TPSA) is 128 Å². The maximum atomic E-state index is 13.6. The molecule has 1 aromatic heterocycles. The third-order valence-corrected chi connectivity index (χ3v) is 7.22. The van der Waals surface area contributed by atoms with Crippen LogP contribution in [0.3, 0.4) is 0 Å². The summed E-state index contributed by atoms with van der Waals surface area (Å²) in [5, 5.41) is 21.0. The molecule has 1 fully saturated rings. The van der Waals surface area contributed by atoms with E-state index in [0.717, 1.165) is 11.1 Å². The van der Waals surface area contributed by atoms with Gasteiger partial charge < -0.3 is 29.5 Å². The standard InChI is InChI=1S/C30H29N5O6/c1-39-26-10-7-21-14-27(26)40-12-11-35-15-23(32-33-35)18-41-28-17-34(16-25(28)31-29(21)37)30(38)22-4-2-3-20(13-22)19-5-8-24(36)9-6-19/h2-10,13-15,25,28,36H,11-12,16-18H2,1H3,(H,31,37)/t25-,28-/m0/s1. The second-order valence-electron chi connectivity index (χ2n) is 9.95. The van der Waals surface area contributed by atoms with Crippen molar-refractivity contribution in [1.29, 1.82) is 0 Å². The van der Waals surface area contributed by atoms with Gasteiger partial charge >= 0.3 is 0 Å². The number of fused-ring (bicyclic) bond motifs is 5. The predicted molar refractivity (Wildman–Crippen MR) is 148 cm³/mol. The fraction of sp³-hybridized carbons (Fsp3) is 0.267. The lowest BCUT2D eigenvalue weighted by Gasteiger charge is -2.20. The molecule has 2 aliphatic heterocycles. The number of aromatic hydroxyl groups is 1. The number of ether oxygens (including phenoxy) is 3. The number of rotatable bonds is 3. The number of likely N-dealkylation sites (tertiary alicyclic amines) is 1. The molecule has 0 radical (unpaired) electrons. The SMILES string of the molecule is COc1ccc2cc1OCCn1cc(nn1)CO[C@H]1CN(C(=O)c3cccc(-c4ccc(O)cc4)c3)C[C@@H]1NC2=O. The quantitative estimate of drug-likeness (QED) is 0.395. The van der Waals surface area contributed by atoms with Crippen molar-refractivity contribution in [3.05, 3.63) is 89.7 Å². The monoisotopic (exact) mass is 555 g/mol. The fourth-order valence-corrected chi connectivity index (χ4v) is 5.05. The van der Waals surface area contributed by atoms with Crippen molar-refractivity contribution in [2.24, 2.45) is 0 Å². The number of benzene rings is 3. The Morgan fingerprint density at radius 1 is 1.05 bits per heavy atom. The summed E-state index contributed by atoms with van der Waals surface area (Å²) in [6, 6.07) is 18.7. The molecule has 6 rings (SSSR count). The first-order chi connectivity index (χ1) is 20.0.